The summed E-state index contributed by atoms with van der Waals surface area (Å²) in [5, 5.41) is 9.52. The maximum atomic E-state index is 13.5. The highest BCUT2D eigenvalue weighted by Crippen LogP contribution is 2.24. The van der Waals surface area contributed by atoms with Crippen LogP contribution >= 0.6 is 0 Å². The van der Waals surface area contributed by atoms with Crippen molar-refractivity contribution in [2.75, 3.05) is 32.8 Å². The van der Waals surface area contributed by atoms with Crippen molar-refractivity contribution in [1.29, 1.82) is 0 Å². The van der Waals surface area contributed by atoms with Gasteiger partial charge in [0.2, 0.25) is 0 Å². The molecule has 152 valence electrons. The van der Waals surface area contributed by atoms with Crippen LogP contribution in [0.25, 0.3) is 0 Å². The minimum Gasteiger partial charge on any atom is -0.494 e. The van der Waals surface area contributed by atoms with Crippen LogP contribution in [0.5, 0.6) is 5.75 Å². The van der Waals surface area contributed by atoms with Gasteiger partial charge < -0.3 is 9.84 Å². The van der Waals surface area contributed by atoms with Crippen LogP contribution in [0.2, 0.25) is 0 Å². The zero-order valence-electron chi connectivity index (χ0n) is 16.3. The van der Waals surface area contributed by atoms with Crippen LogP contribution < -0.4 is 4.74 Å². The van der Waals surface area contributed by atoms with Crippen molar-refractivity contribution >= 4 is 0 Å². The summed E-state index contributed by atoms with van der Waals surface area (Å²) in [7, 11) is 0. The summed E-state index contributed by atoms with van der Waals surface area (Å²) in [4.78, 5) is 4.55. The number of benzene rings is 2. The van der Waals surface area contributed by atoms with Crippen LogP contribution in [0.15, 0.2) is 42.5 Å². The number of aliphatic hydroxyl groups excluding tert-OH is 1. The SMILES string of the molecule is CCOc1ccccc1CN1CCN(Cc2cc(F)cc(F)c2)CC1CCO. The minimum absolute atomic E-state index is 0.108. The van der Waals surface area contributed by atoms with Crippen molar-refractivity contribution in [3.63, 3.8) is 0 Å². The first kappa shape index (κ1) is 20.7. The standard InChI is InChI=1S/C22H28F2N2O2/c1-2-28-22-6-4-3-5-18(22)15-26-9-8-25(16-21(26)7-10-27)14-17-11-19(23)13-20(24)12-17/h3-6,11-13,21,27H,2,7-10,14-16H2,1H3. The number of para-hydroxylation sites is 1. The van der Waals surface area contributed by atoms with Gasteiger partial charge in [-0.05, 0) is 37.1 Å². The van der Waals surface area contributed by atoms with Gasteiger partial charge in [0.1, 0.15) is 17.4 Å². The summed E-state index contributed by atoms with van der Waals surface area (Å²) in [6, 6.07) is 11.9. The van der Waals surface area contributed by atoms with Gasteiger partial charge in [0.05, 0.1) is 6.61 Å². The molecule has 3 rings (SSSR count). The lowest BCUT2D eigenvalue weighted by atomic mass is 10.1. The largest absolute Gasteiger partial charge is 0.494 e. The van der Waals surface area contributed by atoms with E-state index in [9.17, 15) is 13.9 Å². The molecule has 0 saturated carbocycles. The molecule has 4 nitrogen and oxygen atoms in total. The van der Waals surface area contributed by atoms with E-state index in [1.54, 1.807) is 0 Å². The lowest BCUT2D eigenvalue weighted by molar-refractivity contribution is 0.0493. The Morgan fingerprint density at radius 1 is 1.07 bits per heavy atom. The Hall–Kier alpha value is -2.02. The molecule has 1 atom stereocenters. The number of nitrogens with zero attached hydrogens (tertiary/aromatic N) is 2. The van der Waals surface area contributed by atoms with Crippen LogP contribution in [0.1, 0.15) is 24.5 Å². The summed E-state index contributed by atoms with van der Waals surface area (Å²) < 4.78 is 32.7. The van der Waals surface area contributed by atoms with Gasteiger partial charge in [-0.1, -0.05) is 18.2 Å². The molecule has 0 bridgehead atoms. The molecule has 1 saturated heterocycles. The minimum atomic E-state index is -0.548. The number of piperazine rings is 1. The average Bonchev–Trinajstić information content (AvgIpc) is 2.65. The quantitative estimate of drug-likeness (QED) is 0.749. The Morgan fingerprint density at radius 2 is 1.82 bits per heavy atom. The highest BCUT2D eigenvalue weighted by Gasteiger charge is 2.27. The molecule has 1 aliphatic rings. The Labute approximate surface area is 165 Å². The molecule has 0 amide bonds. The zero-order valence-corrected chi connectivity index (χ0v) is 16.3. The van der Waals surface area contributed by atoms with Crippen LogP contribution in [0, 0.1) is 11.6 Å². The van der Waals surface area contributed by atoms with Gasteiger partial charge in [-0.3, -0.25) is 9.80 Å². The lowest BCUT2D eigenvalue weighted by Crippen LogP contribution is -2.52. The fourth-order valence-electron chi connectivity index (χ4n) is 3.84. The molecule has 1 N–H and O–H groups in total. The first-order valence-electron chi connectivity index (χ1n) is 9.82. The molecule has 6 heteroatoms. The molecule has 1 fully saturated rings. The second-order valence-electron chi connectivity index (χ2n) is 7.19. The van der Waals surface area contributed by atoms with E-state index in [1.807, 2.05) is 25.1 Å². The van der Waals surface area contributed by atoms with Crippen molar-refractivity contribution in [3.05, 3.63) is 65.2 Å². The van der Waals surface area contributed by atoms with E-state index in [1.165, 1.54) is 12.1 Å². The van der Waals surface area contributed by atoms with Crippen molar-refractivity contribution in [1.82, 2.24) is 9.80 Å². The Kier molecular flexibility index (Phi) is 7.36. The summed E-state index contributed by atoms with van der Waals surface area (Å²) in [6.45, 7) is 6.32. The summed E-state index contributed by atoms with van der Waals surface area (Å²) in [5.41, 5.74) is 1.77. The predicted octanol–water partition coefficient (Wildman–Crippen LogP) is 3.43. The van der Waals surface area contributed by atoms with E-state index >= 15 is 0 Å². The van der Waals surface area contributed by atoms with Gasteiger partial charge >= 0.3 is 0 Å². The molecule has 2 aromatic rings. The number of hydrogen-bond acceptors (Lipinski definition) is 4. The Bertz CT molecular complexity index is 752. The van der Waals surface area contributed by atoms with E-state index in [-0.39, 0.29) is 12.6 Å². The number of ether oxygens (including phenoxy) is 1. The number of rotatable bonds is 8. The summed E-state index contributed by atoms with van der Waals surface area (Å²) in [5.74, 6) is -0.202. The zero-order chi connectivity index (χ0) is 19.9. The first-order chi connectivity index (χ1) is 13.6. The molecule has 1 aliphatic heterocycles. The second-order valence-corrected chi connectivity index (χ2v) is 7.19. The second kappa shape index (κ2) is 9.96. The van der Waals surface area contributed by atoms with Crippen LogP contribution in [0.3, 0.4) is 0 Å². The third kappa shape index (κ3) is 5.50. The van der Waals surface area contributed by atoms with Crippen molar-refractivity contribution < 1.29 is 18.6 Å². The summed E-state index contributed by atoms with van der Waals surface area (Å²) in [6.07, 6.45) is 0.658. The van der Waals surface area contributed by atoms with E-state index in [0.29, 0.717) is 25.1 Å². The highest BCUT2D eigenvalue weighted by molar-refractivity contribution is 5.33. The predicted molar refractivity (Wildman–Crippen MR) is 105 cm³/mol. The van der Waals surface area contributed by atoms with Crippen molar-refractivity contribution in [3.8, 4) is 5.75 Å². The van der Waals surface area contributed by atoms with E-state index in [2.05, 4.69) is 15.9 Å². The van der Waals surface area contributed by atoms with Gasteiger partial charge in [0.15, 0.2) is 0 Å². The Balaban J connectivity index is 1.67. The monoisotopic (exact) mass is 390 g/mol. The Morgan fingerprint density at radius 3 is 2.54 bits per heavy atom. The first-order valence-corrected chi connectivity index (χ1v) is 9.82. The third-order valence-corrected chi connectivity index (χ3v) is 5.13. The van der Waals surface area contributed by atoms with Gasteiger partial charge in [0, 0.05) is 57.0 Å². The normalized spacial score (nSPS) is 18.4. The van der Waals surface area contributed by atoms with E-state index < -0.39 is 11.6 Å². The molecule has 0 spiro atoms. The highest BCUT2D eigenvalue weighted by atomic mass is 19.1. The smallest absolute Gasteiger partial charge is 0.126 e. The van der Waals surface area contributed by atoms with E-state index in [0.717, 1.165) is 43.6 Å². The molecule has 0 radical (unpaired) electrons. The molecular weight excluding hydrogens is 362 g/mol. The van der Waals surface area contributed by atoms with Crippen LogP contribution in [-0.2, 0) is 13.1 Å². The lowest BCUT2D eigenvalue weighted by Gasteiger charge is -2.41. The van der Waals surface area contributed by atoms with Gasteiger partial charge in [-0.2, -0.15) is 0 Å². The van der Waals surface area contributed by atoms with Crippen molar-refractivity contribution in [2.24, 2.45) is 0 Å². The number of aliphatic hydroxyl groups is 1. The summed E-state index contributed by atoms with van der Waals surface area (Å²) >= 11 is 0. The van der Waals surface area contributed by atoms with Crippen LogP contribution in [0.4, 0.5) is 8.78 Å². The van der Waals surface area contributed by atoms with Gasteiger partial charge in [-0.15, -0.1) is 0 Å². The topological polar surface area (TPSA) is 35.9 Å². The fourth-order valence-corrected chi connectivity index (χ4v) is 3.84. The molecule has 2 aromatic carbocycles. The molecule has 1 unspecified atom stereocenters. The van der Waals surface area contributed by atoms with Crippen LogP contribution in [-0.4, -0.2) is 53.8 Å². The number of halogens is 2. The molecule has 0 aromatic heterocycles. The third-order valence-electron chi connectivity index (χ3n) is 5.13. The number of hydrogen-bond donors (Lipinski definition) is 1. The van der Waals surface area contributed by atoms with Gasteiger partial charge in [0.25, 0.3) is 0 Å². The average molecular weight is 390 g/mol. The van der Waals surface area contributed by atoms with Crippen molar-refractivity contribution in [2.45, 2.75) is 32.5 Å². The molecule has 1 heterocycles. The molecule has 0 aliphatic carbocycles. The van der Waals surface area contributed by atoms with Gasteiger partial charge in [-0.25, -0.2) is 8.78 Å². The fraction of sp³-hybridized carbons (Fsp3) is 0.455. The maximum Gasteiger partial charge on any atom is 0.126 e. The maximum absolute atomic E-state index is 13.5. The molecule has 28 heavy (non-hydrogen) atoms. The molecular formula is C22H28F2N2O2. The van der Waals surface area contributed by atoms with E-state index in [4.69, 9.17) is 4.74 Å².